The lowest BCUT2D eigenvalue weighted by Crippen LogP contribution is -2.30. The van der Waals surface area contributed by atoms with Crippen LogP contribution in [0.4, 0.5) is 20.2 Å². The zero-order valence-corrected chi connectivity index (χ0v) is 18.1. The Hall–Kier alpha value is -2.86. The molecule has 1 N–H and O–H groups in total. The summed E-state index contributed by atoms with van der Waals surface area (Å²) in [6.07, 6.45) is 0. The van der Waals surface area contributed by atoms with E-state index in [0.29, 0.717) is 17.4 Å². The van der Waals surface area contributed by atoms with Crippen LogP contribution in [0.5, 0.6) is 0 Å². The summed E-state index contributed by atoms with van der Waals surface area (Å²) in [6, 6.07) is 16.9. The highest BCUT2D eigenvalue weighted by Gasteiger charge is 2.26. The number of hydrogen-bond acceptors (Lipinski definition) is 3. The van der Waals surface area contributed by atoms with Gasteiger partial charge in [0.25, 0.3) is 0 Å². The van der Waals surface area contributed by atoms with Crippen molar-refractivity contribution >= 4 is 29.1 Å². The Balaban J connectivity index is 1.86. The summed E-state index contributed by atoms with van der Waals surface area (Å²) in [5.41, 5.74) is 1.92. The Bertz CT molecular complexity index is 1120. The van der Waals surface area contributed by atoms with Crippen LogP contribution in [0.3, 0.4) is 0 Å². The van der Waals surface area contributed by atoms with Gasteiger partial charge < -0.3 is 10.0 Å². The van der Waals surface area contributed by atoms with Gasteiger partial charge in [0.05, 0.1) is 11.3 Å². The van der Waals surface area contributed by atoms with E-state index in [-0.39, 0.29) is 5.56 Å². The highest BCUT2D eigenvalue weighted by Crippen LogP contribution is 2.43. The summed E-state index contributed by atoms with van der Waals surface area (Å²) in [5, 5.41) is 9.24. The lowest BCUT2D eigenvalue weighted by Gasteiger charge is -2.35. The van der Waals surface area contributed by atoms with Crippen molar-refractivity contribution in [3.8, 4) is 11.1 Å². The largest absolute Gasteiger partial charge is 0.478 e. The maximum absolute atomic E-state index is 15.3. The summed E-state index contributed by atoms with van der Waals surface area (Å²) in [5.74, 6) is -0.912. The van der Waals surface area contributed by atoms with Crippen LogP contribution in [-0.4, -0.2) is 23.4 Å². The molecule has 3 aromatic rings. The number of rotatable bonds is 3. The molecular formula is C25H23F2NO2S. The second-order valence-corrected chi connectivity index (χ2v) is 9.07. The number of carbonyl (C=O) groups is 1. The van der Waals surface area contributed by atoms with Crippen LogP contribution in [0.2, 0.25) is 0 Å². The van der Waals surface area contributed by atoms with Crippen LogP contribution in [-0.2, 0) is 0 Å². The van der Waals surface area contributed by atoms with Gasteiger partial charge in [0.15, 0.2) is 0 Å². The van der Waals surface area contributed by atoms with Crippen molar-refractivity contribution in [3.63, 3.8) is 0 Å². The number of benzene rings is 3. The highest BCUT2D eigenvalue weighted by molar-refractivity contribution is 7.99. The first-order valence-electron chi connectivity index (χ1n) is 10.2. The second kappa shape index (κ2) is 8.71. The molecule has 160 valence electrons. The molecule has 31 heavy (non-hydrogen) atoms. The molecule has 0 aromatic heterocycles. The lowest BCUT2D eigenvalue weighted by atomic mass is 9.96. The van der Waals surface area contributed by atoms with Crippen molar-refractivity contribution in [3.05, 3.63) is 77.9 Å². The van der Waals surface area contributed by atoms with E-state index < -0.39 is 23.2 Å². The van der Waals surface area contributed by atoms with Crippen molar-refractivity contribution in [2.45, 2.75) is 18.7 Å². The topological polar surface area (TPSA) is 40.5 Å². The molecule has 0 spiro atoms. The van der Waals surface area contributed by atoms with Crippen molar-refractivity contribution in [2.24, 2.45) is 11.8 Å². The Kier molecular flexibility index (Phi) is 6.01. The standard InChI is InChI=1S/C25H23F2NO2S/c1-15-13-28(18-6-4-3-5-7-18)23-12-22(27)19(11-24(23)31-14-16(15)2)17-8-9-21(26)20(10-17)25(29)30/h3-12,15-16H,13-14H2,1-2H3,(H,29,30). The monoisotopic (exact) mass is 439 g/mol. The molecule has 3 nitrogen and oxygen atoms in total. The summed E-state index contributed by atoms with van der Waals surface area (Å²) >= 11 is 1.67. The fraction of sp³-hybridized carbons (Fsp3) is 0.240. The first-order valence-corrected chi connectivity index (χ1v) is 11.2. The first-order chi connectivity index (χ1) is 14.8. The van der Waals surface area contributed by atoms with Crippen molar-refractivity contribution in [2.75, 3.05) is 17.2 Å². The maximum atomic E-state index is 15.3. The van der Waals surface area contributed by atoms with Crippen molar-refractivity contribution in [1.29, 1.82) is 0 Å². The third-order valence-corrected chi connectivity index (χ3v) is 7.19. The number of thioether (sulfide) groups is 1. The minimum Gasteiger partial charge on any atom is -0.478 e. The van der Waals surface area contributed by atoms with Crippen LogP contribution in [0.25, 0.3) is 11.1 Å². The van der Waals surface area contributed by atoms with Gasteiger partial charge in [-0.15, -0.1) is 11.8 Å². The van der Waals surface area contributed by atoms with E-state index >= 15 is 4.39 Å². The molecular weight excluding hydrogens is 416 g/mol. The second-order valence-electron chi connectivity index (χ2n) is 8.01. The van der Waals surface area contributed by atoms with Crippen LogP contribution in [0.15, 0.2) is 65.6 Å². The normalized spacial score (nSPS) is 18.8. The Morgan fingerprint density at radius 2 is 1.74 bits per heavy atom. The predicted octanol–water partition coefficient (Wildman–Crippen LogP) is 6.85. The van der Waals surface area contributed by atoms with Gasteiger partial charge in [-0.05, 0) is 53.8 Å². The number of fused-ring (bicyclic) bond motifs is 1. The van der Waals surface area contributed by atoms with Gasteiger partial charge in [0.1, 0.15) is 11.6 Å². The van der Waals surface area contributed by atoms with E-state index in [1.807, 2.05) is 30.3 Å². The minimum absolute atomic E-state index is 0.267. The molecule has 1 heterocycles. The Labute approximate surface area is 184 Å². The van der Waals surface area contributed by atoms with Crippen LogP contribution >= 0.6 is 11.8 Å². The SMILES string of the molecule is CC1CSc2cc(-c3ccc(F)c(C(=O)O)c3)c(F)cc2N(c2ccccc2)CC1C. The van der Waals surface area contributed by atoms with Gasteiger partial charge in [-0.2, -0.15) is 0 Å². The van der Waals surface area contributed by atoms with Crippen molar-refractivity contribution in [1.82, 2.24) is 0 Å². The molecule has 4 rings (SSSR count). The summed E-state index contributed by atoms with van der Waals surface area (Å²) in [4.78, 5) is 14.4. The van der Waals surface area contributed by atoms with Crippen molar-refractivity contribution < 1.29 is 18.7 Å². The predicted molar refractivity (Wildman–Crippen MR) is 121 cm³/mol. The molecule has 3 aromatic carbocycles. The smallest absolute Gasteiger partial charge is 0.338 e. The molecule has 0 aliphatic carbocycles. The van der Waals surface area contributed by atoms with E-state index in [0.717, 1.165) is 34.6 Å². The van der Waals surface area contributed by atoms with E-state index in [4.69, 9.17) is 0 Å². The van der Waals surface area contributed by atoms with E-state index in [1.165, 1.54) is 18.2 Å². The molecule has 0 bridgehead atoms. The van der Waals surface area contributed by atoms with E-state index in [9.17, 15) is 14.3 Å². The number of carboxylic acids is 1. The van der Waals surface area contributed by atoms with Crippen LogP contribution in [0.1, 0.15) is 24.2 Å². The number of aromatic carboxylic acids is 1. The molecule has 0 saturated heterocycles. The average molecular weight is 440 g/mol. The number of anilines is 2. The number of hydrogen-bond donors (Lipinski definition) is 1. The number of nitrogens with zero attached hydrogens (tertiary/aromatic N) is 1. The Morgan fingerprint density at radius 1 is 1.00 bits per heavy atom. The zero-order chi connectivity index (χ0) is 22.1. The molecule has 6 heteroatoms. The fourth-order valence-electron chi connectivity index (χ4n) is 3.75. The minimum atomic E-state index is -1.38. The van der Waals surface area contributed by atoms with E-state index in [1.54, 1.807) is 17.8 Å². The summed E-state index contributed by atoms with van der Waals surface area (Å²) in [7, 11) is 0. The third-order valence-electron chi connectivity index (χ3n) is 5.86. The highest BCUT2D eigenvalue weighted by atomic mass is 32.2. The summed E-state index contributed by atoms with van der Waals surface area (Å²) < 4.78 is 29.2. The molecule has 2 unspecified atom stereocenters. The van der Waals surface area contributed by atoms with Gasteiger partial charge >= 0.3 is 5.97 Å². The number of carboxylic acid groups (broad SMARTS) is 1. The molecule has 1 aliphatic rings. The Morgan fingerprint density at radius 3 is 2.45 bits per heavy atom. The molecule has 0 amide bonds. The zero-order valence-electron chi connectivity index (χ0n) is 17.3. The molecule has 0 saturated carbocycles. The molecule has 0 fully saturated rings. The number of halogens is 2. The quantitative estimate of drug-likeness (QED) is 0.485. The van der Waals surface area contributed by atoms with Gasteiger partial charge in [-0.3, -0.25) is 0 Å². The summed E-state index contributed by atoms with van der Waals surface area (Å²) in [6.45, 7) is 5.19. The van der Waals surface area contributed by atoms with Gasteiger partial charge in [-0.25, -0.2) is 13.6 Å². The maximum Gasteiger partial charge on any atom is 0.338 e. The number of para-hydroxylation sites is 1. The van der Waals surface area contributed by atoms with Gasteiger partial charge in [0.2, 0.25) is 0 Å². The first kappa shape index (κ1) is 21.4. The van der Waals surface area contributed by atoms with Gasteiger partial charge in [-0.1, -0.05) is 38.1 Å². The lowest BCUT2D eigenvalue weighted by molar-refractivity contribution is 0.0692. The van der Waals surface area contributed by atoms with Crippen LogP contribution in [0, 0.1) is 23.5 Å². The molecule has 0 radical (unpaired) electrons. The molecule has 1 aliphatic heterocycles. The van der Waals surface area contributed by atoms with E-state index in [2.05, 4.69) is 18.7 Å². The fourth-order valence-corrected chi connectivity index (χ4v) is 5.04. The van der Waals surface area contributed by atoms with Gasteiger partial charge in [0, 0.05) is 28.4 Å². The van der Waals surface area contributed by atoms with Crippen LogP contribution < -0.4 is 4.90 Å². The average Bonchev–Trinajstić information content (AvgIpc) is 2.76. The third kappa shape index (κ3) is 4.30. The molecule has 2 atom stereocenters.